The van der Waals surface area contributed by atoms with Crippen molar-refractivity contribution in [1.82, 2.24) is 10.2 Å². The van der Waals surface area contributed by atoms with Gasteiger partial charge in [0.1, 0.15) is 5.82 Å². The van der Waals surface area contributed by atoms with E-state index in [0.29, 0.717) is 19.0 Å². The van der Waals surface area contributed by atoms with E-state index >= 15 is 0 Å². The quantitative estimate of drug-likeness (QED) is 0.868. The Morgan fingerprint density at radius 1 is 1.21 bits per heavy atom. The highest BCUT2D eigenvalue weighted by molar-refractivity contribution is 5.70. The Bertz CT molecular complexity index is 592. The maximum absolute atomic E-state index is 5.73. The van der Waals surface area contributed by atoms with E-state index in [1.807, 2.05) is 18.2 Å². The van der Waals surface area contributed by atoms with Crippen LogP contribution in [0.25, 0.3) is 11.3 Å². The molecule has 0 amide bonds. The number of ether oxygens (including phenoxy) is 2. The maximum Gasteiger partial charge on any atom is 0.161 e. The van der Waals surface area contributed by atoms with E-state index in [9.17, 15) is 0 Å². The van der Waals surface area contributed by atoms with E-state index in [1.165, 1.54) is 5.56 Å². The number of aromatic amines is 1. The lowest BCUT2D eigenvalue weighted by Gasteiger charge is -2.12. The monoisotopic (exact) mass is 259 g/mol. The van der Waals surface area contributed by atoms with E-state index in [4.69, 9.17) is 15.2 Å². The van der Waals surface area contributed by atoms with Crippen molar-refractivity contribution in [2.24, 2.45) is 0 Å². The second-order valence-corrected chi connectivity index (χ2v) is 4.57. The van der Waals surface area contributed by atoms with E-state index in [1.54, 1.807) is 0 Å². The lowest BCUT2D eigenvalue weighted by Crippen LogP contribution is -1.97. The number of aryl methyl sites for hydroxylation is 1. The van der Waals surface area contributed by atoms with E-state index < -0.39 is 0 Å². The number of aromatic nitrogens is 2. The minimum absolute atomic E-state index is 0.490. The molecule has 19 heavy (non-hydrogen) atoms. The van der Waals surface area contributed by atoms with Gasteiger partial charge in [0, 0.05) is 18.1 Å². The summed E-state index contributed by atoms with van der Waals surface area (Å²) in [6.07, 6.45) is 1.81. The van der Waals surface area contributed by atoms with Crippen LogP contribution in [-0.4, -0.2) is 23.4 Å². The highest BCUT2D eigenvalue weighted by Crippen LogP contribution is 2.37. The van der Waals surface area contributed by atoms with Crippen molar-refractivity contribution in [2.75, 3.05) is 18.9 Å². The number of H-pyrrole nitrogens is 1. The van der Waals surface area contributed by atoms with E-state index in [2.05, 4.69) is 17.1 Å². The molecule has 0 saturated carbocycles. The standard InChI is InChI=1S/C14H17N3O2/c1-2-9-6-12-13(19-5-3-4-18-12)7-10(9)11-8-14(15)17-16-11/h6-8H,2-5H2,1H3,(H3,15,16,17). The van der Waals surface area contributed by atoms with Crippen molar-refractivity contribution in [3.05, 3.63) is 23.8 Å². The van der Waals surface area contributed by atoms with Crippen LogP contribution < -0.4 is 15.2 Å². The molecular weight excluding hydrogens is 242 g/mol. The van der Waals surface area contributed by atoms with Gasteiger partial charge < -0.3 is 15.2 Å². The fraction of sp³-hybridized carbons (Fsp3) is 0.357. The first-order valence-corrected chi connectivity index (χ1v) is 6.51. The maximum atomic E-state index is 5.73. The molecule has 2 heterocycles. The summed E-state index contributed by atoms with van der Waals surface area (Å²) in [7, 11) is 0. The van der Waals surface area contributed by atoms with Gasteiger partial charge in [0.15, 0.2) is 11.5 Å². The summed E-state index contributed by atoms with van der Waals surface area (Å²) in [6, 6.07) is 5.89. The number of nitrogens with two attached hydrogens (primary N) is 1. The van der Waals surface area contributed by atoms with Crippen LogP contribution in [0.15, 0.2) is 18.2 Å². The van der Waals surface area contributed by atoms with Crippen LogP contribution in [0, 0.1) is 0 Å². The van der Waals surface area contributed by atoms with Gasteiger partial charge in [-0.2, -0.15) is 5.10 Å². The predicted molar refractivity (Wildman–Crippen MR) is 73.4 cm³/mol. The molecule has 2 aromatic rings. The molecule has 5 nitrogen and oxygen atoms in total. The van der Waals surface area contributed by atoms with E-state index in [-0.39, 0.29) is 0 Å². The number of hydrogen-bond donors (Lipinski definition) is 2. The van der Waals surface area contributed by atoms with Gasteiger partial charge in [-0.25, -0.2) is 0 Å². The first kappa shape index (κ1) is 11.9. The second-order valence-electron chi connectivity index (χ2n) is 4.57. The summed E-state index contributed by atoms with van der Waals surface area (Å²) >= 11 is 0. The molecule has 3 rings (SSSR count). The molecule has 0 atom stereocenters. The van der Waals surface area contributed by atoms with Crippen LogP contribution >= 0.6 is 0 Å². The molecule has 3 N–H and O–H groups in total. The summed E-state index contributed by atoms with van der Waals surface area (Å²) in [6.45, 7) is 3.50. The van der Waals surface area contributed by atoms with Gasteiger partial charge in [-0.15, -0.1) is 0 Å². The average molecular weight is 259 g/mol. The minimum atomic E-state index is 0.490. The Morgan fingerprint density at radius 2 is 1.95 bits per heavy atom. The Balaban J connectivity index is 2.10. The second kappa shape index (κ2) is 4.84. The zero-order valence-corrected chi connectivity index (χ0v) is 10.9. The molecule has 0 spiro atoms. The number of fused-ring (bicyclic) bond motifs is 1. The summed E-state index contributed by atoms with van der Waals surface area (Å²) < 4.78 is 11.4. The van der Waals surface area contributed by atoms with Gasteiger partial charge in [-0.1, -0.05) is 6.92 Å². The molecule has 0 bridgehead atoms. The van der Waals surface area contributed by atoms with Crippen LogP contribution in [0.2, 0.25) is 0 Å². The number of anilines is 1. The number of hydrogen-bond acceptors (Lipinski definition) is 4. The molecule has 0 fully saturated rings. The summed E-state index contributed by atoms with van der Waals surface area (Å²) in [5.41, 5.74) is 8.83. The predicted octanol–water partition coefficient (Wildman–Crippen LogP) is 2.38. The average Bonchev–Trinajstić information content (AvgIpc) is 2.72. The summed E-state index contributed by atoms with van der Waals surface area (Å²) in [4.78, 5) is 0. The smallest absolute Gasteiger partial charge is 0.161 e. The normalized spacial score (nSPS) is 14.2. The van der Waals surface area contributed by atoms with Gasteiger partial charge in [-0.3, -0.25) is 5.10 Å². The fourth-order valence-corrected chi connectivity index (χ4v) is 2.27. The number of nitrogens with one attached hydrogen (secondary N) is 1. The van der Waals surface area contributed by atoms with Crippen LogP contribution in [0.5, 0.6) is 11.5 Å². The van der Waals surface area contributed by atoms with Crippen LogP contribution in [0.4, 0.5) is 5.82 Å². The molecule has 1 aliphatic rings. The van der Waals surface area contributed by atoms with Gasteiger partial charge in [0.2, 0.25) is 0 Å². The Hall–Kier alpha value is -2.17. The van der Waals surface area contributed by atoms with Gasteiger partial charge in [-0.05, 0) is 24.1 Å². The van der Waals surface area contributed by atoms with Crippen LogP contribution in [-0.2, 0) is 6.42 Å². The minimum Gasteiger partial charge on any atom is -0.490 e. The SMILES string of the molecule is CCc1cc2c(cc1-c1cc(N)n[nH]1)OCCCO2. The van der Waals surface area contributed by atoms with Crippen molar-refractivity contribution < 1.29 is 9.47 Å². The Morgan fingerprint density at radius 3 is 2.58 bits per heavy atom. The molecule has 1 aromatic carbocycles. The Labute approximate surface area is 111 Å². The molecule has 0 saturated heterocycles. The molecule has 5 heteroatoms. The number of rotatable bonds is 2. The number of benzene rings is 1. The van der Waals surface area contributed by atoms with Crippen molar-refractivity contribution in [3.8, 4) is 22.8 Å². The molecular formula is C14H17N3O2. The topological polar surface area (TPSA) is 73.2 Å². The van der Waals surface area contributed by atoms with Crippen LogP contribution in [0.3, 0.4) is 0 Å². The largest absolute Gasteiger partial charge is 0.490 e. The number of nitrogens with zero attached hydrogens (tertiary/aromatic N) is 1. The third-order valence-corrected chi connectivity index (χ3v) is 3.24. The molecule has 0 radical (unpaired) electrons. The first-order valence-electron chi connectivity index (χ1n) is 6.51. The lowest BCUT2D eigenvalue weighted by molar-refractivity contribution is 0.297. The zero-order chi connectivity index (χ0) is 13.2. The lowest BCUT2D eigenvalue weighted by atomic mass is 10.0. The number of nitrogen functional groups attached to an aromatic ring is 1. The fourth-order valence-electron chi connectivity index (χ4n) is 2.27. The van der Waals surface area contributed by atoms with Crippen molar-refractivity contribution >= 4 is 5.82 Å². The van der Waals surface area contributed by atoms with Crippen molar-refractivity contribution in [2.45, 2.75) is 19.8 Å². The Kier molecular flexibility index (Phi) is 3.03. The van der Waals surface area contributed by atoms with Gasteiger partial charge >= 0.3 is 0 Å². The van der Waals surface area contributed by atoms with Gasteiger partial charge in [0.25, 0.3) is 0 Å². The molecule has 1 aliphatic heterocycles. The molecule has 0 aliphatic carbocycles. The molecule has 100 valence electrons. The first-order chi connectivity index (χ1) is 9.28. The molecule has 1 aromatic heterocycles. The van der Waals surface area contributed by atoms with Crippen molar-refractivity contribution in [3.63, 3.8) is 0 Å². The summed E-state index contributed by atoms with van der Waals surface area (Å²) in [5.74, 6) is 2.10. The third kappa shape index (κ3) is 2.23. The van der Waals surface area contributed by atoms with E-state index in [0.717, 1.165) is 35.6 Å². The highest BCUT2D eigenvalue weighted by atomic mass is 16.5. The van der Waals surface area contributed by atoms with Crippen molar-refractivity contribution in [1.29, 1.82) is 0 Å². The summed E-state index contributed by atoms with van der Waals surface area (Å²) in [5, 5.41) is 6.93. The zero-order valence-electron chi connectivity index (χ0n) is 10.9. The van der Waals surface area contributed by atoms with Crippen LogP contribution in [0.1, 0.15) is 18.9 Å². The van der Waals surface area contributed by atoms with Gasteiger partial charge in [0.05, 0.1) is 18.9 Å². The highest BCUT2D eigenvalue weighted by Gasteiger charge is 2.16. The molecule has 0 unspecified atom stereocenters. The third-order valence-electron chi connectivity index (χ3n) is 3.24.